The molecule has 4 N–H and O–H groups in total. The third kappa shape index (κ3) is 7.33. The van der Waals surface area contributed by atoms with E-state index in [0.717, 1.165) is 23.8 Å². The highest BCUT2D eigenvalue weighted by atomic mass is 16.2. The number of urea groups is 1. The molecule has 1 fully saturated rings. The van der Waals surface area contributed by atoms with Crippen LogP contribution in [0.5, 0.6) is 0 Å². The van der Waals surface area contributed by atoms with Crippen LogP contribution in [0.2, 0.25) is 0 Å². The zero-order valence-electron chi connectivity index (χ0n) is 16.3. The lowest BCUT2D eigenvalue weighted by Crippen LogP contribution is -2.44. The van der Waals surface area contributed by atoms with Crippen LogP contribution >= 0.6 is 0 Å². The first-order valence-corrected chi connectivity index (χ1v) is 9.78. The molecule has 144 valence electrons. The van der Waals surface area contributed by atoms with Gasteiger partial charge in [-0.1, -0.05) is 31.4 Å². The number of benzene rings is 1. The highest BCUT2D eigenvalue weighted by molar-refractivity contribution is 5.89. The molecule has 1 saturated carbocycles. The van der Waals surface area contributed by atoms with E-state index in [1.54, 1.807) is 0 Å². The summed E-state index contributed by atoms with van der Waals surface area (Å²) in [6, 6.07) is 8.28. The molecule has 1 aliphatic carbocycles. The molecule has 0 atom stereocenters. The molecule has 0 saturated heterocycles. The number of hydrogen-bond acceptors (Lipinski definition) is 2. The Morgan fingerprint density at radius 3 is 2.46 bits per heavy atom. The first kappa shape index (κ1) is 20.1. The monoisotopic (exact) mass is 359 g/mol. The van der Waals surface area contributed by atoms with Crippen LogP contribution in [0.15, 0.2) is 29.3 Å². The van der Waals surface area contributed by atoms with Gasteiger partial charge in [0.2, 0.25) is 0 Å². The molecule has 1 aromatic carbocycles. The number of anilines is 1. The number of aliphatic imine (C=N–C) groups is 1. The zero-order chi connectivity index (χ0) is 18.8. The van der Waals surface area contributed by atoms with E-state index >= 15 is 0 Å². The van der Waals surface area contributed by atoms with Crippen LogP contribution in [0.1, 0.15) is 58.4 Å². The van der Waals surface area contributed by atoms with Gasteiger partial charge in [-0.05, 0) is 51.3 Å². The number of guanidine groups is 1. The van der Waals surface area contributed by atoms with Crippen molar-refractivity contribution in [3.63, 3.8) is 0 Å². The predicted molar refractivity (Wildman–Crippen MR) is 109 cm³/mol. The average molecular weight is 360 g/mol. The minimum Gasteiger partial charge on any atom is -0.357 e. The minimum atomic E-state index is -0.183. The Morgan fingerprint density at radius 1 is 1.15 bits per heavy atom. The van der Waals surface area contributed by atoms with E-state index in [4.69, 9.17) is 4.99 Å². The van der Waals surface area contributed by atoms with Crippen molar-refractivity contribution in [2.75, 3.05) is 11.9 Å². The summed E-state index contributed by atoms with van der Waals surface area (Å²) in [4.78, 5) is 16.4. The Labute approximate surface area is 157 Å². The molecule has 6 heteroatoms. The van der Waals surface area contributed by atoms with Crippen LogP contribution in [0.4, 0.5) is 10.5 Å². The maximum atomic E-state index is 11.7. The second-order valence-electron chi connectivity index (χ2n) is 7.12. The van der Waals surface area contributed by atoms with Gasteiger partial charge in [-0.2, -0.15) is 0 Å². The van der Waals surface area contributed by atoms with E-state index in [1.807, 2.05) is 38.1 Å². The van der Waals surface area contributed by atoms with E-state index in [-0.39, 0.29) is 12.1 Å². The van der Waals surface area contributed by atoms with Crippen LogP contribution in [-0.2, 0) is 6.54 Å². The van der Waals surface area contributed by atoms with Crippen molar-refractivity contribution in [2.24, 2.45) is 4.99 Å². The van der Waals surface area contributed by atoms with Crippen LogP contribution in [0, 0.1) is 0 Å². The van der Waals surface area contributed by atoms with Crippen LogP contribution in [-0.4, -0.2) is 30.6 Å². The number of rotatable bonds is 6. The van der Waals surface area contributed by atoms with Crippen molar-refractivity contribution in [3.8, 4) is 0 Å². The fourth-order valence-corrected chi connectivity index (χ4v) is 3.05. The molecular weight excluding hydrogens is 326 g/mol. The maximum Gasteiger partial charge on any atom is 0.319 e. The Morgan fingerprint density at radius 2 is 1.85 bits per heavy atom. The number of nitrogens with one attached hydrogen (secondary N) is 4. The molecule has 2 rings (SSSR count). The standard InChI is InChI=1S/C20H33N5O/c1-4-21-19(24-17-8-6-5-7-9-17)22-14-16-10-12-18(13-11-16)25-20(26)23-15(2)3/h10-13,15,17H,4-9,14H2,1-3H3,(H2,21,22,24)(H2,23,25,26). The molecule has 0 spiro atoms. The molecule has 2 amide bonds. The number of nitrogens with zero attached hydrogens (tertiary/aromatic N) is 1. The van der Waals surface area contributed by atoms with Crippen molar-refractivity contribution >= 4 is 17.7 Å². The topological polar surface area (TPSA) is 77.5 Å². The van der Waals surface area contributed by atoms with Gasteiger partial charge in [0.15, 0.2) is 5.96 Å². The summed E-state index contributed by atoms with van der Waals surface area (Å²) >= 11 is 0. The molecule has 0 heterocycles. The van der Waals surface area contributed by atoms with E-state index in [9.17, 15) is 4.79 Å². The number of hydrogen-bond donors (Lipinski definition) is 4. The van der Waals surface area contributed by atoms with Gasteiger partial charge in [0, 0.05) is 24.3 Å². The molecule has 26 heavy (non-hydrogen) atoms. The van der Waals surface area contributed by atoms with Crippen LogP contribution in [0.25, 0.3) is 0 Å². The van der Waals surface area contributed by atoms with Crippen molar-refractivity contribution in [2.45, 2.75) is 71.5 Å². The van der Waals surface area contributed by atoms with Crippen molar-refractivity contribution < 1.29 is 4.79 Å². The smallest absolute Gasteiger partial charge is 0.319 e. The summed E-state index contributed by atoms with van der Waals surface area (Å²) in [5, 5.41) is 12.5. The van der Waals surface area contributed by atoms with Gasteiger partial charge >= 0.3 is 6.03 Å². The second-order valence-corrected chi connectivity index (χ2v) is 7.12. The normalized spacial score (nSPS) is 15.6. The van der Waals surface area contributed by atoms with E-state index in [2.05, 4.69) is 28.2 Å². The molecule has 0 aliphatic heterocycles. The number of carbonyl (C=O) groups excluding carboxylic acids is 1. The van der Waals surface area contributed by atoms with Crippen molar-refractivity contribution in [3.05, 3.63) is 29.8 Å². The Kier molecular flexibility index (Phi) is 8.25. The molecule has 0 aromatic heterocycles. The molecular formula is C20H33N5O. The maximum absolute atomic E-state index is 11.7. The summed E-state index contributed by atoms with van der Waals surface area (Å²) in [5.41, 5.74) is 1.89. The summed E-state index contributed by atoms with van der Waals surface area (Å²) in [6.07, 6.45) is 6.40. The predicted octanol–water partition coefficient (Wildman–Crippen LogP) is 3.60. The molecule has 0 bridgehead atoms. The van der Waals surface area contributed by atoms with Gasteiger partial charge in [0.05, 0.1) is 6.54 Å². The SMILES string of the molecule is CCNC(=NCc1ccc(NC(=O)NC(C)C)cc1)NC1CCCCC1. The van der Waals surface area contributed by atoms with Gasteiger partial charge in [-0.25, -0.2) is 9.79 Å². The van der Waals surface area contributed by atoms with Gasteiger partial charge in [0.1, 0.15) is 0 Å². The van der Waals surface area contributed by atoms with E-state index < -0.39 is 0 Å². The Balaban J connectivity index is 1.88. The number of amides is 2. The third-order valence-corrected chi connectivity index (χ3v) is 4.34. The van der Waals surface area contributed by atoms with Crippen molar-refractivity contribution in [1.82, 2.24) is 16.0 Å². The lowest BCUT2D eigenvalue weighted by atomic mass is 9.96. The lowest BCUT2D eigenvalue weighted by molar-refractivity contribution is 0.250. The number of carbonyl (C=O) groups is 1. The zero-order valence-corrected chi connectivity index (χ0v) is 16.3. The molecule has 0 radical (unpaired) electrons. The molecule has 1 aromatic rings. The first-order chi connectivity index (χ1) is 12.6. The Bertz CT molecular complexity index is 576. The quantitative estimate of drug-likeness (QED) is 0.463. The van der Waals surface area contributed by atoms with Gasteiger partial charge in [-0.15, -0.1) is 0 Å². The largest absolute Gasteiger partial charge is 0.357 e. The van der Waals surface area contributed by atoms with Crippen molar-refractivity contribution in [1.29, 1.82) is 0 Å². The van der Waals surface area contributed by atoms with Crippen LogP contribution in [0.3, 0.4) is 0 Å². The lowest BCUT2D eigenvalue weighted by Gasteiger charge is -2.24. The molecule has 0 unspecified atom stereocenters. The van der Waals surface area contributed by atoms with Gasteiger partial charge in [0.25, 0.3) is 0 Å². The third-order valence-electron chi connectivity index (χ3n) is 4.34. The molecule has 1 aliphatic rings. The highest BCUT2D eigenvalue weighted by Gasteiger charge is 2.14. The van der Waals surface area contributed by atoms with Crippen LogP contribution < -0.4 is 21.3 Å². The van der Waals surface area contributed by atoms with E-state index in [0.29, 0.717) is 12.6 Å². The fraction of sp³-hybridized carbons (Fsp3) is 0.600. The summed E-state index contributed by atoms with van der Waals surface area (Å²) in [5.74, 6) is 0.887. The summed E-state index contributed by atoms with van der Waals surface area (Å²) < 4.78 is 0. The molecule has 6 nitrogen and oxygen atoms in total. The second kappa shape index (κ2) is 10.7. The van der Waals surface area contributed by atoms with Gasteiger partial charge < -0.3 is 21.3 Å². The van der Waals surface area contributed by atoms with Gasteiger partial charge in [-0.3, -0.25) is 0 Å². The fourth-order valence-electron chi connectivity index (χ4n) is 3.05. The highest BCUT2D eigenvalue weighted by Crippen LogP contribution is 2.17. The summed E-state index contributed by atoms with van der Waals surface area (Å²) in [7, 11) is 0. The van der Waals surface area contributed by atoms with E-state index in [1.165, 1.54) is 32.1 Å². The first-order valence-electron chi connectivity index (χ1n) is 9.78. The average Bonchev–Trinajstić information content (AvgIpc) is 2.61. The minimum absolute atomic E-state index is 0.116. The summed E-state index contributed by atoms with van der Waals surface area (Å²) in [6.45, 7) is 7.42. The Hall–Kier alpha value is -2.24.